The number of fused-ring (bicyclic) bond motifs is 1. The van der Waals surface area contributed by atoms with E-state index in [4.69, 9.17) is 14.6 Å². The first-order valence-corrected chi connectivity index (χ1v) is 8.87. The first kappa shape index (κ1) is 18.1. The molecule has 0 aromatic heterocycles. The molecular formula is C20H18O5S. The van der Waals surface area contributed by atoms with Gasteiger partial charge in [0.15, 0.2) is 11.5 Å². The summed E-state index contributed by atoms with van der Waals surface area (Å²) >= 11 is 1.46. The molecule has 0 saturated heterocycles. The number of hydrogen-bond donors (Lipinski definition) is 1. The Morgan fingerprint density at radius 2 is 2.00 bits per heavy atom. The molecule has 1 aliphatic rings. The normalized spacial score (nSPS) is 14.4. The Labute approximate surface area is 155 Å². The van der Waals surface area contributed by atoms with Crippen LogP contribution in [0.1, 0.15) is 27.9 Å². The third-order valence-corrected chi connectivity index (χ3v) is 4.97. The Morgan fingerprint density at radius 3 is 2.73 bits per heavy atom. The van der Waals surface area contributed by atoms with Crippen LogP contribution in [0.15, 0.2) is 46.2 Å². The maximum Gasteiger partial charge on any atom is 0.306 e. The first-order chi connectivity index (χ1) is 12.5. The molecule has 6 heteroatoms. The number of carbonyl (C=O) groups is 2. The van der Waals surface area contributed by atoms with E-state index in [2.05, 4.69) is 0 Å². The Kier molecular flexibility index (Phi) is 5.32. The largest absolute Gasteiger partial charge is 0.493 e. The number of aryl methyl sites for hydroxylation is 1. The Bertz CT molecular complexity index is 901. The van der Waals surface area contributed by atoms with Crippen molar-refractivity contribution in [1.82, 2.24) is 0 Å². The van der Waals surface area contributed by atoms with E-state index in [9.17, 15) is 9.59 Å². The van der Waals surface area contributed by atoms with Gasteiger partial charge in [0.2, 0.25) is 5.78 Å². The molecule has 0 saturated carbocycles. The summed E-state index contributed by atoms with van der Waals surface area (Å²) in [5, 5.41) is 8.68. The lowest BCUT2D eigenvalue weighted by Gasteiger charge is -2.10. The van der Waals surface area contributed by atoms with Gasteiger partial charge in [0.1, 0.15) is 0 Å². The summed E-state index contributed by atoms with van der Waals surface area (Å²) in [5.74, 6) is 0.0661. The predicted molar refractivity (Wildman–Crippen MR) is 100 cm³/mol. The average Bonchev–Trinajstić information content (AvgIpc) is 2.90. The molecule has 0 atom stereocenters. The zero-order valence-corrected chi connectivity index (χ0v) is 15.3. The number of carboxylic acids is 1. The summed E-state index contributed by atoms with van der Waals surface area (Å²) in [6.45, 7) is 2.07. The number of hydrogen-bond acceptors (Lipinski definition) is 5. The number of allylic oxidation sites excluding steroid dienone is 1. The van der Waals surface area contributed by atoms with Gasteiger partial charge in [-0.3, -0.25) is 9.59 Å². The lowest BCUT2D eigenvalue weighted by Crippen LogP contribution is -2.05. The van der Waals surface area contributed by atoms with Crippen molar-refractivity contribution in [3.8, 4) is 11.5 Å². The topological polar surface area (TPSA) is 72.8 Å². The first-order valence-electron chi connectivity index (χ1n) is 8.05. The van der Waals surface area contributed by atoms with Gasteiger partial charge in [-0.1, -0.05) is 23.9 Å². The number of methoxy groups -OCH3 is 1. The van der Waals surface area contributed by atoms with Gasteiger partial charge < -0.3 is 14.6 Å². The van der Waals surface area contributed by atoms with Crippen LogP contribution >= 0.6 is 11.8 Å². The second kappa shape index (κ2) is 7.66. The average molecular weight is 370 g/mol. The van der Waals surface area contributed by atoms with E-state index in [1.165, 1.54) is 18.9 Å². The van der Waals surface area contributed by atoms with Crippen LogP contribution in [0.5, 0.6) is 11.5 Å². The van der Waals surface area contributed by atoms with Crippen molar-refractivity contribution < 1.29 is 24.2 Å². The van der Waals surface area contributed by atoms with Crippen molar-refractivity contribution in [3.05, 3.63) is 58.0 Å². The molecule has 0 bridgehead atoms. The van der Waals surface area contributed by atoms with Gasteiger partial charge >= 0.3 is 5.97 Å². The molecule has 0 amide bonds. The highest BCUT2D eigenvalue weighted by atomic mass is 32.2. The smallest absolute Gasteiger partial charge is 0.306 e. The molecule has 1 N–H and O–H groups in total. The monoisotopic (exact) mass is 370 g/mol. The minimum atomic E-state index is -0.920. The summed E-state index contributed by atoms with van der Waals surface area (Å²) in [7, 11) is 1.52. The van der Waals surface area contributed by atoms with Crippen molar-refractivity contribution in [1.29, 1.82) is 0 Å². The van der Waals surface area contributed by atoms with Crippen LogP contribution in [0.25, 0.3) is 6.08 Å². The molecule has 0 spiro atoms. The molecule has 1 aliphatic heterocycles. The highest BCUT2D eigenvalue weighted by Crippen LogP contribution is 2.41. The zero-order chi connectivity index (χ0) is 18.7. The second-order valence-corrected chi connectivity index (χ2v) is 6.93. The van der Waals surface area contributed by atoms with Gasteiger partial charge in [0.25, 0.3) is 0 Å². The van der Waals surface area contributed by atoms with E-state index < -0.39 is 5.97 Å². The van der Waals surface area contributed by atoms with Crippen molar-refractivity contribution in [2.24, 2.45) is 0 Å². The highest BCUT2D eigenvalue weighted by Gasteiger charge is 2.25. The van der Waals surface area contributed by atoms with Crippen molar-refractivity contribution in [2.45, 2.75) is 18.2 Å². The molecular weight excluding hydrogens is 352 g/mol. The van der Waals surface area contributed by atoms with Crippen LogP contribution in [0.2, 0.25) is 0 Å². The van der Waals surface area contributed by atoms with Gasteiger partial charge in [-0.25, -0.2) is 0 Å². The SMILES string of the molecule is COc1cc(C=C2Sc3cc(C)ccc3C2=O)ccc1OCCC(=O)O. The van der Waals surface area contributed by atoms with E-state index >= 15 is 0 Å². The summed E-state index contributed by atoms with van der Waals surface area (Å²) < 4.78 is 10.8. The Morgan fingerprint density at radius 1 is 1.19 bits per heavy atom. The van der Waals surface area contributed by atoms with Gasteiger partial charge in [-0.05, 0) is 48.4 Å². The maximum atomic E-state index is 12.5. The zero-order valence-electron chi connectivity index (χ0n) is 14.4. The number of ketones is 1. The molecule has 2 aromatic rings. The van der Waals surface area contributed by atoms with Crippen LogP contribution in [0, 0.1) is 6.92 Å². The molecule has 3 rings (SSSR count). The number of carbonyl (C=O) groups excluding carboxylic acids is 1. The summed E-state index contributed by atoms with van der Waals surface area (Å²) in [4.78, 5) is 24.8. The fourth-order valence-corrected chi connectivity index (χ4v) is 3.74. The molecule has 26 heavy (non-hydrogen) atoms. The van der Waals surface area contributed by atoms with E-state index in [1.54, 1.807) is 12.1 Å². The van der Waals surface area contributed by atoms with Gasteiger partial charge in [-0.2, -0.15) is 0 Å². The van der Waals surface area contributed by atoms with Crippen LogP contribution in [0.4, 0.5) is 0 Å². The quantitative estimate of drug-likeness (QED) is 0.769. The lowest BCUT2D eigenvalue weighted by molar-refractivity contribution is -0.137. The van der Waals surface area contributed by atoms with E-state index in [-0.39, 0.29) is 18.8 Å². The molecule has 5 nitrogen and oxygen atoms in total. The van der Waals surface area contributed by atoms with Gasteiger partial charge in [0.05, 0.1) is 25.0 Å². The molecule has 134 valence electrons. The summed E-state index contributed by atoms with van der Waals surface area (Å²) in [5.41, 5.74) is 2.66. The van der Waals surface area contributed by atoms with Crippen LogP contribution in [-0.2, 0) is 4.79 Å². The number of Topliss-reactive ketones (excluding diaryl/α,β-unsaturated/α-hetero) is 1. The molecule has 0 radical (unpaired) electrons. The minimum Gasteiger partial charge on any atom is -0.493 e. The number of thioether (sulfide) groups is 1. The third-order valence-electron chi connectivity index (χ3n) is 3.88. The third kappa shape index (κ3) is 3.91. The van der Waals surface area contributed by atoms with E-state index in [0.29, 0.717) is 16.4 Å². The standard InChI is InChI=1S/C20H18O5S/c1-12-3-5-14-17(9-12)26-18(20(14)23)11-13-4-6-15(16(10-13)24-2)25-8-7-19(21)22/h3-6,9-11H,7-8H2,1-2H3,(H,21,22). The van der Waals surface area contributed by atoms with Crippen LogP contribution in [-0.4, -0.2) is 30.6 Å². The predicted octanol–water partition coefficient (Wildman–Crippen LogP) is 4.19. The maximum absolute atomic E-state index is 12.5. The minimum absolute atomic E-state index is 0.0192. The van der Waals surface area contributed by atoms with E-state index in [0.717, 1.165) is 21.6 Å². The fraction of sp³-hybridized carbons (Fsp3) is 0.200. The molecule has 2 aromatic carbocycles. The number of aliphatic carboxylic acids is 1. The van der Waals surface area contributed by atoms with Crippen molar-refractivity contribution in [3.63, 3.8) is 0 Å². The van der Waals surface area contributed by atoms with E-state index in [1.807, 2.05) is 37.3 Å². The Hall–Kier alpha value is -2.73. The number of carboxylic acid groups (broad SMARTS) is 1. The van der Waals surface area contributed by atoms with Gasteiger partial charge in [-0.15, -0.1) is 0 Å². The summed E-state index contributed by atoms with van der Waals surface area (Å²) in [6.07, 6.45) is 1.74. The Balaban J connectivity index is 1.81. The van der Waals surface area contributed by atoms with Crippen molar-refractivity contribution >= 4 is 29.6 Å². The van der Waals surface area contributed by atoms with Crippen LogP contribution in [0.3, 0.4) is 0 Å². The number of rotatable bonds is 6. The lowest BCUT2D eigenvalue weighted by atomic mass is 10.1. The molecule has 1 heterocycles. The fourth-order valence-electron chi connectivity index (χ4n) is 2.59. The van der Waals surface area contributed by atoms with Crippen molar-refractivity contribution in [2.75, 3.05) is 13.7 Å². The summed E-state index contributed by atoms with van der Waals surface area (Å²) in [6, 6.07) is 11.1. The number of ether oxygens (including phenoxy) is 2. The molecule has 0 fully saturated rings. The molecule has 0 unspecified atom stereocenters. The van der Waals surface area contributed by atoms with Gasteiger partial charge in [0, 0.05) is 10.5 Å². The highest BCUT2D eigenvalue weighted by molar-refractivity contribution is 8.04. The number of benzene rings is 2. The molecule has 0 aliphatic carbocycles. The van der Waals surface area contributed by atoms with Crippen LogP contribution < -0.4 is 9.47 Å². The second-order valence-electron chi connectivity index (χ2n) is 5.84.